The van der Waals surface area contributed by atoms with E-state index in [2.05, 4.69) is 4.98 Å². The van der Waals surface area contributed by atoms with Crippen LogP contribution in [0.1, 0.15) is 28.2 Å². The van der Waals surface area contributed by atoms with Gasteiger partial charge in [-0.05, 0) is 43.2 Å². The highest BCUT2D eigenvalue weighted by atomic mass is 16.5. The van der Waals surface area contributed by atoms with Crippen LogP contribution >= 0.6 is 0 Å². The van der Waals surface area contributed by atoms with E-state index in [-0.39, 0.29) is 5.78 Å². The number of aromatic nitrogens is 1. The van der Waals surface area contributed by atoms with Gasteiger partial charge in [-0.25, -0.2) is 0 Å². The molecule has 1 aromatic carbocycles. The highest BCUT2D eigenvalue weighted by Gasteiger charge is 2.07. The number of hydrogen-bond acceptors (Lipinski definition) is 3. The second kappa shape index (κ2) is 6.14. The Labute approximate surface area is 113 Å². The van der Waals surface area contributed by atoms with Crippen LogP contribution in [0, 0.1) is 6.92 Å². The Morgan fingerprint density at radius 1 is 1.16 bits per heavy atom. The van der Waals surface area contributed by atoms with E-state index in [1.165, 1.54) is 0 Å². The Morgan fingerprint density at radius 3 is 2.53 bits per heavy atom. The summed E-state index contributed by atoms with van der Waals surface area (Å²) in [7, 11) is 1.64. The number of rotatable bonds is 5. The molecule has 0 bridgehead atoms. The number of benzene rings is 1. The van der Waals surface area contributed by atoms with Gasteiger partial charge in [-0.15, -0.1) is 0 Å². The number of ketones is 1. The van der Waals surface area contributed by atoms with Crippen molar-refractivity contribution in [2.24, 2.45) is 0 Å². The molecule has 98 valence electrons. The zero-order valence-corrected chi connectivity index (χ0v) is 11.2. The van der Waals surface area contributed by atoms with Crippen molar-refractivity contribution in [2.75, 3.05) is 7.11 Å². The molecular weight excluding hydrogens is 238 g/mol. The molecule has 3 heteroatoms. The lowest BCUT2D eigenvalue weighted by molar-refractivity contribution is 0.0978. The van der Waals surface area contributed by atoms with Crippen molar-refractivity contribution >= 4 is 5.78 Å². The Bertz CT molecular complexity index is 561. The molecule has 0 saturated heterocycles. The topological polar surface area (TPSA) is 39.2 Å². The Balaban J connectivity index is 1.96. The van der Waals surface area contributed by atoms with Crippen molar-refractivity contribution in [2.45, 2.75) is 19.8 Å². The van der Waals surface area contributed by atoms with Crippen LogP contribution < -0.4 is 4.74 Å². The van der Waals surface area contributed by atoms with Gasteiger partial charge in [-0.1, -0.05) is 18.2 Å². The summed E-state index contributed by atoms with van der Waals surface area (Å²) in [5.74, 6) is 0.912. The highest BCUT2D eigenvalue weighted by Crippen LogP contribution is 2.13. The van der Waals surface area contributed by atoms with Gasteiger partial charge in [0.25, 0.3) is 0 Å². The first kappa shape index (κ1) is 13.3. The second-order valence-electron chi connectivity index (χ2n) is 4.44. The number of ether oxygens (including phenoxy) is 1. The average molecular weight is 255 g/mol. The number of pyridine rings is 1. The normalized spacial score (nSPS) is 10.2. The molecule has 0 aliphatic carbocycles. The second-order valence-corrected chi connectivity index (χ2v) is 4.44. The van der Waals surface area contributed by atoms with E-state index in [4.69, 9.17) is 4.74 Å². The van der Waals surface area contributed by atoms with Crippen molar-refractivity contribution in [3.05, 3.63) is 59.4 Å². The Kier molecular flexibility index (Phi) is 4.29. The van der Waals surface area contributed by atoms with Crippen molar-refractivity contribution < 1.29 is 9.53 Å². The van der Waals surface area contributed by atoms with Crippen LogP contribution in [0.5, 0.6) is 5.75 Å². The number of Topliss-reactive ketones (excluding diaryl/α,β-unsaturated/α-hetero) is 1. The monoisotopic (exact) mass is 255 g/mol. The zero-order valence-electron chi connectivity index (χ0n) is 11.2. The van der Waals surface area contributed by atoms with Gasteiger partial charge >= 0.3 is 0 Å². The highest BCUT2D eigenvalue weighted by molar-refractivity contribution is 5.94. The molecule has 0 fully saturated rings. The predicted octanol–water partition coefficient (Wildman–Crippen LogP) is 3.21. The fourth-order valence-corrected chi connectivity index (χ4v) is 1.88. The van der Waals surface area contributed by atoms with Crippen molar-refractivity contribution in [3.8, 4) is 5.75 Å². The summed E-state index contributed by atoms with van der Waals surface area (Å²) >= 11 is 0. The molecular formula is C16H17NO2. The Morgan fingerprint density at radius 2 is 1.89 bits per heavy atom. The molecule has 0 aliphatic rings. The molecule has 2 aromatic rings. The van der Waals surface area contributed by atoms with Gasteiger partial charge in [0.15, 0.2) is 5.78 Å². The van der Waals surface area contributed by atoms with E-state index in [0.717, 1.165) is 23.4 Å². The number of methoxy groups -OCH3 is 1. The summed E-state index contributed by atoms with van der Waals surface area (Å²) in [6, 6.07) is 13.3. The van der Waals surface area contributed by atoms with Crippen LogP contribution in [-0.4, -0.2) is 17.9 Å². The number of carbonyl (C=O) groups is 1. The lowest BCUT2D eigenvalue weighted by Crippen LogP contribution is -2.04. The Hall–Kier alpha value is -2.16. The van der Waals surface area contributed by atoms with Gasteiger partial charge in [0, 0.05) is 12.1 Å². The SMILES string of the molecule is COc1ccc(CCC(=O)c2cccc(C)n2)cc1. The standard InChI is InChI=1S/C16H17NO2/c1-12-4-3-5-15(17-12)16(18)11-8-13-6-9-14(19-2)10-7-13/h3-7,9-10H,8,11H2,1-2H3. The fourth-order valence-electron chi connectivity index (χ4n) is 1.88. The molecule has 0 aliphatic heterocycles. The predicted molar refractivity (Wildman–Crippen MR) is 74.6 cm³/mol. The number of hydrogen-bond donors (Lipinski definition) is 0. The molecule has 19 heavy (non-hydrogen) atoms. The molecule has 0 unspecified atom stereocenters. The van der Waals surface area contributed by atoms with E-state index in [9.17, 15) is 4.79 Å². The molecule has 1 aromatic heterocycles. The van der Waals surface area contributed by atoms with Gasteiger partial charge in [-0.2, -0.15) is 0 Å². The van der Waals surface area contributed by atoms with Crippen LogP contribution in [0.4, 0.5) is 0 Å². The zero-order chi connectivity index (χ0) is 13.7. The summed E-state index contributed by atoms with van der Waals surface area (Å²) in [6.07, 6.45) is 1.20. The van der Waals surface area contributed by atoms with Crippen LogP contribution in [0.15, 0.2) is 42.5 Å². The first-order valence-corrected chi connectivity index (χ1v) is 6.29. The largest absolute Gasteiger partial charge is 0.497 e. The van der Waals surface area contributed by atoms with E-state index < -0.39 is 0 Å². The first-order valence-electron chi connectivity index (χ1n) is 6.29. The number of aryl methyl sites for hydroxylation is 2. The van der Waals surface area contributed by atoms with E-state index in [1.54, 1.807) is 13.2 Å². The lowest BCUT2D eigenvalue weighted by atomic mass is 10.1. The van der Waals surface area contributed by atoms with Gasteiger partial charge in [0.2, 0.25) is 0 Å². The number of nitrogens with zero attached hydrogens (tertiary/aromatic N) is 1. The minimum atomic E-state index is 0.0829. The summed E-state index contributed by atoms with van der Waals surface area (Å²) in [4.78, 5) is 16.2. The third-order valence-corrected chi connectivity index (χ3v) is 2.97. The molecule has 2 rings (SSSR count). The maximum absolute atomic E-state index is 12.0. The van der Waals surface area contributed by atoms with Crippen LogP contribution in [0.3, 0.4) is 0 Å². The van der Waals surface area contributed by atoms with Gasteiger partial charge in [-0.3, -0.25) is 9.78 Å². The molecule has 0 spiro atoms. The fraction of sp³-hybridized carbons (Fsp3) is 0.250. The lowest BCUT2D eigenvalue weighted by Gasteiger charge is -2.04. The molecule has 3 nitrogen and oxygen atoms in total. The molecule has 0 radical (unpaired) electrons. The number of carbonyl (C=O) groups excluding carboxylic acids is 1. The third-order valence-electron chi connectivity index (χ3n) is 2.97. The third kappa shape index (κ3) is 3.65. The first-order chi connectivity index (χ1) is 9.19. The summed E-state index contributed by atoms with van der Waals surface area (Å²) < 4.78 is 5.10. The van der Waals surface area contributed by atoms with E-state index in [1.807, 2.05) is 43.3 Å². The minimum absolute atomic E-state index is 0.0829. The van der Waals surface area contributed by atoms with E-state index in [0.29, 0.717) is 12.1 Å². The molecule has 1 heterocycles. The average Bonchev–Trinajstić information content (AvgIpc) is 2.45. The van der Waals surface area contributed by atoms with Crippen molar-refractivity contribution in [1.29, 1.82) is 0 Å². The maximum atomic E-state index is 12.0. The van der Waals surface area contributed by atoms with E-state index >= 15 is 0 Å². The van der Waals surface area contributed by atoms with Gasteiger partial charge in [0.05, 0.1) is 7.11 Å². The van der Waals surface area contributed by atoms with Crippen LogP contribution in [0.25, 0.3) is 0 Å². The summed E-state index contributed by atoms with van der Waals surface area (Å²) in [5, 5.41) is 0. The van der Waals surface area contributed by atoms with Crippen LogP contribution in [-0.2, 0) is 6.42 Å². The summed E-state index contributed by atoms with van der Waals surface area (Å²) in [5.41, 5.74) is 2.55. The molecule has 0 amide bonds. The van der Waals surface area contributed by atoms with Crippen LogP contribution in [0.2, 0.25) is 0 Å². The molecule has 0 N–H and O–H groups in total. The quantitative estimate of drug-likeness (QED) is 0.770. The maximum Gasteiger partial charge on any atom is 0.181 e. The molecule has 0 saturated carbocycles. The van der Waals surface area contributed by atoms with Crippen molar-refractivity contribution in [1.82, 2.24) is 4.98 Å². The van der Waals surface area contributed by atoms with Crippen molar-refractivity contribution in [3.63, 3.8) is 0 Å². The van der Waals surface area contributed by atoms with Gasteiger partial charge in [0.1, 0.15) is 11.4 Å². The van der Waals surface area contributed by atoms with Gasteiger partial charge < -0.3 is 4.74 Å². The smallest absolute Gasteiger partial charge is 0.181 e. The summed E-state index contributed by atoms with van der Waals surface area (Å²) in [6.45, 7) is 1.89. The minimum Gasteiger partial charge on any atom is -0.497 e. The molecule has 0 atom stereocenters.